The summed E-state index contributed by atoms with van der Waals surface area (Å²) < 4.78 is 14.3. The van der Waals surface area contributed by atoms with Crippen molar-refractivity contribution in [1.82, 2.24) is 4.98 Å². The van der Waals surface area contributed by atoms with Crippen LogP contribution in [0.25, 0.3) is 0 Å². The van der Waals surface area contributed by atoms with Crippen LogP contribution in [-0.2, 0) is 6.42 Å². The Hall–Kier alpha value is -0.970. The van der Waals surface area contributed by atoms with E-state index in [1.165, 1.54) is 18.3 Å². The van der Waals surface area contributed by atoms with E-state index in [0.29, 0.717) is 9.50 Å². The maximum atomic E-state index is 13.6. The molecule has 0 N–H and O–H groups in total. The van der Waals surface area contributed by atoms with Crippen LogP contribution in [0.5, 0.6) is 0 Å². The Morgan fingerprint density at radius 1 is 1.32 bits per heavy atom. The Bertz CT molecular complexity index is 649. The van der Waals surface area contributed by atoms with Crippen LogP contribution >= 0.6 is 39.1 Å². The van der Waals surface area contributed by atoms with Crippen LogP contribution in [0, 0.1) is 5.82 Å². The van der Waals surface area contributed by atoms with Gasteiger partial charge < -0.3 is 0 Å². The molecule has 0 aliphatic carbocycles. The van der Waals surface area contributed by atoms with Crippen molar-refractivity contribution in [3.8, 4) is 0 Å². The Kier molecular flexibility index (Phi) is 4.55. The molecule has 19 heavy (non-hydrogen) atoms. The first-order valence-electron chi connectivity index (χ1n) is 5.25. The van der Waals surface area contributed by atoms with Crippen LogP contribution < -0.4 is 0 Å². The van der Waals surface area contributed by atoms with Crippen molar-refractivity contribution in [2.45, 2.75) is 6.42 Å². The Balaban J connectivity index is 2.28. The minimum atomic E-state index is -0.443. The quantitative estimate of drug-likeness (QED) is 0.739. The number of aromatic nitrogens is 1. The number of ketones is 1. The van der Waals surface area contributed by atoms with Crippen LogP contribution in [0.1, 0.15) is 16.1 Å². The first-order chi connectivity index (χ1) is 8.97. The molecule has 0 bridgehead atoms. The zero-order valence-electron chi connectivity index (χ0n) is 9.46. The fourth-order valence-electron chi connectivity index (χ4n) is 1.56. The predicted molar refractivity (Wildman–Crippen MR) is 76.4 cm³/mol. The van der Waals surface area contributed by atoms with Crippen molar-refractivity contribution in [3.05, 3.63) is 62.1 Å². The summed E-state index contributed by atoms with van der Waals surface area (Å²) in [5.74, 6) is -0.805. The van der Waals surface area contributed by atoms with Gasteiger partial charge in [0.05, 0.1) is 10.0 Å². The number of hydrogen-bond acceptors (Lipinski definition) is 2. The van der Waals surface area contributed by atoms with Crippen LogP contribution in [0.4, 0.5) is 4.39 Å². The molecule has 0 radical (unpaired) electrons. The smallest absolute Gasteiger partial charge is 0.187 e. The first kappa shape index (κ1) is 14.4. The van der Waals surface area contributed by atoms with Crippen molar-refractivity contribution < 1.29 is 9.18 Å². The van der Waals surface area contributed by atoms with Crippen molar-refractivity contribution in [2.24, 2.45) is 0 Å². The monoisotopic (exact) mass is 361 g/mol. The van der Waals surface area contributed by atoms with Gasteiger partial charge in [0.25, 0.3) is 0 Å². The Morgan fingerprint density at radius 2 is 2.05 bits per heavy atom. The molecule has 1 aromatic carbocycles. The second kappa shape index (κ2) is 5.99. The molecule has 2 aromatic rings. The average molecular weight is 363 g/mol. The lowest BCUT2D eigenvalue weighted by atomic mass is 10.1. The topological polar surface area (TPSA) is 30.0 Å². The van der Waals surface area contributed by atoms with Gasteiger partial charge in [-0.3, -0.25) is 4.79 Å². The lowest BCUT2D eigenvalue weighted by Crippen LogP contribution is -2.08. The number of pyridine rings is 1. The van der Waals surface area contributed by atoms with Gasteiger partial charge in [0, 0.05) is 17.1 Å². The van der Waals surface area contributed by atoms with E-state index in [2.05, 4.69) is 20.9 Å². The van der Waals surface area contributed by atoms with Gasteiger partial charge in [-0.05, 0) is 29.8 Å². The largest absolute Gasteiger partial charge is 0.292 e. The number of hydrogen-bond donors (Lipinski definition) is 0. The maximum Gasteiger partial charge on any atom is 0.187 e. The van der Waals surface area contributed by atoms with E-state index in [4.69, 9.17) is 23.2 Å². The number of nitrogens with zero attached hydrogens (tertiary/aromatic N) is 1. The van der Waals surface area contributed by atoms with Crippen LogP contribution in [0.15, 0.2) is 34.9 Å². The summed E-state index contributed by atoms with van der Waals surface area (Å²) in [5.41, 5.74) is 0.373. The average Bonchev–Trinajstić information content (AvgIpc) is 2.33. The van der Waals surface area contributed by atoms with Gasteiger partial charge in [0.15, 0.2) is 5.78 Å². The van der Waals surface area contributed by atoms with Crippen molar-refractivity contribution in [2.75, 3.05) is 0 Å². The van der Waals surface area contributed by atoms with Crippen LogP contribution in [0.3, 0.4) is 0 Å². The summed E-state index contributed by atoms with van der Waals surface area (Å²) in [6.45, 7) is 0. The third-order valence-electron chi connectivity index (χ3n) is 2.43. The predicted octanol–water partition coefficient (Wildman–Crippen LogP) is 4.72. The Labute approximate surface area is 127 Å². The highest BCUT2D eigenvalue weighted by Gasteiger charge is 2.15. The van der Waals surface area contributed by atoms with Gasteiger partial charge in [-0.2, -0.15) is 0 Å². The van der Waals surface area contributed by atoms with Crippen molar-refractivity contribution >= 4 is 44.9 Å². The molecule has 6 heteroatoms. The zero-order valence-corrected chi connectivity index (χ0v) is 12.6. The van der Waals surface area contributed by atoms with Gasteiger partial charge in [-0.1, -0.05) is 39.1 Å². The standard InChI is InChI=1S/C13H7BrCl2FNO/c14-8-1-2-11(17)7(3-8)4-12(19)13-10(16)5-9(15)6-18-13/h1-3,5-6H,4H2. The number of halogens is 4. The normalized spacial score (nSPS) is 10.5. The molecule has 1 aromatic heterocycles. The van der Waals surface area contributed by atoms with Gasteiger partial charge in [-0.25, -0.2) is 9.37 Å². The summed E-state index contributed by atoms with van der Waals surface area (Å²) in [6.07, 6.45) is 1.22. The fourth-order valence-corrected chi connectivity index (χ4v) is 2.45. The number of carbonyl (C=O) groups is 1. The molecule has 0 aliphatic heterocycles. The summed E-state index contributed by atoms with van der Waals surface area (Å²) in [7, 11) is 0. The molecular formula is C13H7BrCl2FNO. The maximum absolute atomic E-state index is 13.6. The SMILES string of the molecule is O=C(Cc1cc(Br)ccc1F)c1ncc(Cl)cc1Cl. The highest BCUT2D eigenvalue weighted by molar-refractivity contribution is 9.10. The zero-order chi connectivity index (χ0) is 14.0. The number of benzene rings is 1. The van der Waals surface area contributed by atoms with Gasteiger partial charge >= 0.3 is 0 Å². The third kappa shape index (κ3) is 3.53. The van der Waals surface area contributed by atoms with Crippen LogP contribution in [0.2, 0.25) is 10.0 Å². The fraction of sp³-hybridized carbons (Fsp3) is 0.0769. The number of Topliss-reactive ketones (excluding diaryl/α,β-unsaturated/α-hetero) is 1. The number of rotatable bonds is 3. The van der Waals surface area contributed by atoms with Crippen molar-refractivity contribution in [1.29, 1.82) is 0 Å². The first-order valence-corrected chi connectivity index (χ1v) is 6.80. The van der Waals surface area contributed by atoms with Gasteiger partial charge in [0.1, 0.15) is 11.5 Å². The van der Waals surface area contributed by atoms with E-state index in [0.717, 1.165) is 0 Å². The molecule has 0 saturated carbocycles. The third-order valence-corrected chi connectivity index (χ3v) is 3.42. The molecule has 0 fully saturated rings. The molecule has 0 amide bonds. The molecule has 98 valence electrons. The van der Waals surface area contributed by atoms with Crippen molar-refractivity contribution in [3.63, 3.8) is 0 Å². The summed E-state index contributed by atoms with van der Waals surface area (Å²) in [5, 5.41) is 0.503. The lowest BCUT2D eigenvalue weighted by molar-refractivity contribution is 0.0987. The molecule has 0 aliphatic rings. The summed E-state index contributed by atoms with van der Waals surface area (Å²) >= 11 is 14.8. The molecule has 1 heterocycles. The number of carbonyl (C=O) groups excluding carboxylic acids is 1. The van der Waals surface area contributed by atoms with Gasteiger partial charge in [0.2, 0.25) is 0 Å². The van der Waals surface area contributed by atoms with E-state index in [9.17, 15) is 9.18 Å². The second-order valence-electron chi connectivity index (χ2n) is 3.82. The molecule has 2 rings (SSSR count). The highest BCUT2D eigenvalue weighted by atomic mass is 79.9. The minimum absolute atomic E-state index is 0.0884. The van der Waals surface area contributed by atoms with E-state index in [1.807, 2.05) is 0 Å². The van der Waals surface area contributed by atoms with Gasteiger partial charge in [-0.15, -0.1) is 0 Å². The molecule has 2 nitrogen and oxygen atoms in total. The summed E-state index contributed by atoms with van der Waals surface area (Å²) in [4.78, 5) is 15.9. The summed E-state index contributed by atoms with van der Waals surface area (Å²) in [6, 6.07) is 5.85. The Morgan fingerprint density at radius 3 is 2.74 bits per heavy atom. The van der Waals surface area contributed by atoms with E-state index < -0.39 is 5.82 Å². The molecule has 0 unspecified atom stereocenters. The van der Waals surface area contributed by atoms with E-state index in [-0.39, 0.29) is 28.5 Å². The van der Waals surface area contributed by atoms with Crippen LogP contribution in [-0.4, -0.2) is 10.8 Å². The highest BCUT2D eigenvalue weighted by Crippen LogP contribution is 2.22. The molecule has 0 spiro atoms. The molecular weight excluding hydrogens is 356 g/mol. The minimum Gasteiger partial charge on any atom is -0.292 e. The molecule has 0 saturated heterocycles. The second-order valence-corrected chi connectivity index (χ2v) is 5.58. The molecule has 0 atom stereocenters. The van der Waals surface area contributed by atoms with E-state index >= 15 is 0 Å². The van der Waals surface area contributed by atoms with E-state index in [1.54, 1.807) is 12.1 Å². The lowest BCUT2D eigenvalue weighted by Gasteiger charge is -2.05.